The van der Waals surface area contributed by atoms with E-state index in [2.05, 4.69) is 21.2 Å². The minimum Gasteiger partial charge on any atom is -0.326 e. The van der Waals surface area contributed by atoms with Gasteiger partial charge in [0.05, 0.1) is 17.1 Å². The molecule has 0 aromatic heterocycles. The molecular formula is C19H18Cl2N4O3. The molecule has 3 N–H and O–H groups in total. The van der Waals surface area contributed by atoms with Gasteiger partial charge in [-0.3, -0.25) is 14.4 Å². The highest BCUT2D eigenvalue weighted by molar-refractivity contribution is 6.35. The molecule has 9 heteroatoms. The summed E-state index contributed by atoms with van der Waals surface area (Å²) >= 11 is 11.9. The molecule has 3 amide bonds. The number of carbonyl (C=O) groups excluding carboxylic acids is 3. The molecule has 0 bridgehead atoms. The molecule has 0 aliphatic heterocycles. The van der Waals surface area contributed by atoms with Crippen molar-refractivity contribution in [3.05, 3.63) is 58.1 Å². The molecule has 0 saturated carbocycles. The van der Waals surface area contributed by atoms with Crippen molar-refractivity contribution in [3.63, 3.8) is 0 Å². The average molecular weight is 421 g/mol. The van der Waals surface area contributed by atoms with Crippen molar-refractivity contribution in [1.82, 2.24) is 5.43 Å². The largest absolute Gasteiger partial charge is 0.326 e. The van der Waals surface area contributed by atoms with Crippen LogP contribution < -0.4 is 16.1 Å². The molecule has 2 aromatic rings. The summed E-state index contributed by atoms with van der Waals surface area (Å²) in [6.45, 7) is 3.01. The number of benzene rings is 2. The zero-order chi connectivity index (χ0) is 20.7. The molecule has 0 heterocycles. The third-order valence-electron chi connectivity index (χ3n) is 3.43. The summed E-state index contributed by atoms with van der Waals surface area (Å²) < 4.78 is 0. The lowest BCUT2D eigenvalue weighted by Gasteiger charge is -2.08. The second-order valence-electron chi connectivity index (χ2n) is 5.90. The number of nitrogens with zero attached hydrogens (tertiary/aromatic N) is 1. The Morgan fingerprint density at radius 2 is 1.64 bits per heavy atom. The molecule has 7 nitrogen and oxygen atoms in total. The normalized spacial score (nSPS) is 10.9. The molecule has 0 aliphatic rings. The van der Waals surface area contributed by atoms with Gasteiger partial charge in [0.1, 0.15) is 0 Å². The number of hydrazone groups is 1. The number of nitrogens with one attached hydrogen (secondary N) is 3. The summed E-state index contributed by atoms with van der Waals surface area (Å²) in [4.78, 5) is 35.2. The second-order valence-corrected chi connectivity index (χ2v) is 6.74. The van der Waals surface area contributed by atoms with Crippen LogP contribution in [0.25, 0.3) is 0 Å². The van der Waals surface area contributed by atoms with Crippen molar-refractivity contribution in [3.8, 4) is 0 Å². The Labute approximate surface area is 172 Å². The van der Waals surface area contributed by atoms with Crippen molar-refractivity contribution < 1.29 is 14.4 Å². The second kappa shape index (κ2) is 9.87. The van der Waals surface area contributed by atoms with Crippen LogP contribution in [0.4, 0.5) is 11.4 Å². The Morgan fingerprint density at radius 1 is 0.964 bits per heavy atom. The van der Waals surface area contributed by atoms with Gasteiger partial charge in [-0.1, -0.05) is 23.2 Å². The summed E-state index contributed by atoms with van der Waals surface area (Å²) in [7, 11) is 0. The SMILES string of the molecule is CC(=O)Nc1ccc(C(=O)N/N=C(/C)CC(=O)Nc2cc(Cl)ccc2Cl)cc1. The van der Waals surface area contributed by atoms with Gasteiger partial charge in [0.15, 0.2) is 0 Å². The van der Waals surface area contributed by atoms with E-state index in [0.29, 0.717) is 32.7 Å². The first-order valence-electron chi connectivity index (χ1n) is 8.20. The van der Waals surface area contributed by atoms with E-state index >= 15 is 0 Å². The fourth-order valence-corrected chi connectivity index (χ4v) is 2.52. The zero-order valence-corrected chi connectivity index (χ0v) is 16.7. The molecule has 0 radical (unpaired) electrons. The van der Waals surface area contributed by atoms with Crippen LogP contribution in [0, 0.1) is 0 Å². The minimum atomic E-state index is -0.438. The molecule has 28 heavy (non-hydrogen) atoms. The quantitative estimate of drug-likeness (QED) is 0.484. The first-order valence-corrected chi connectivity index (χ1v) is 8.96. The molecule has 2 rings (SSSR count). The standard InChI is InChI=1S/C19H18Cl2N4O3/c1-11(9-18(27)23-17-10-14(20)5-8-16(17)21)24-25-19(28)13-3-6-15(7-4-13)22-12(2)26/h3-8,10H,9H2,1-2H3,(H,22,26)(H,23,27)(H,25,28)/b24-11-. The predicted octanol–water partition coefficient (Wildman–Crippen LogP) is 4.09. The van der Waals surface area contributed by atoms with E-state index < -0.39 is 5.91 Å². The average Bonchev–Trinajstić information content (AvgIpc) is 2.63. The van der Waals surface area contributed by atoms with Crippen LogP contribution in [0.1, 0.15) is 30.6 Å². The summed E-state index contributed by atoms with van der Waals surface area (Å²) in [5.74, 6) is -0.985. The van der Waals surface area contributed by atoms with Gasteiger partial charge in [-0.15, -0.1) is 0 Å². The zero-order valence-electron chi connectivity index (χ0n) is 15.2. The van der Waals surface area contributed by atoms with E-state index in [1.807, 2.05) is 0 Å². The van der Waals surface area contributed by atoms with E-state index in [4.69, 9.17) is 23.2 Å². The predicted molar refractivity (Wildman–Crippen MR) is 111 cm³/mol. The molecule has 0 saturated heterocycles. The van der Waals surface area contributed by atoms with Gasteiger partial charge in [0.2, 0.25) is 11.8 Å². The van der Waals surface area contributed by atoms with Gasteiger partial charge < -0.3 is 10.6 Å². The third kappa shape index (κ3) is 6.68. The Balaban J connectivity index is 1.90. The molecule has 0 fully saturated rings. The van der Waals surface area contributed by atoms with Gasteiger partial charge in [-0.25, -0.2) is 5.43 Å². The van der Waals surface area contributed by atoms with Gasteiger partial charge in [0, 0.05) is 28.9 Å². The summed E-state index contributed by atoms with van der Waals surface area (Å²) in [5.41, 5.74) is 4.13. The maximum absolute atomic E-state index is 12.1. The van der Waals surface area contributed by atoms with Crippen LogP contribution in [0.2, 0.25) is 10.0 Å². The van der Waals surface area contributed by atoms with Crippen molar-refractivity contribution in [1.29, 1.82) is 0 Å². The molecule has 0 aliphatic carbocycles. The molecule has 146 valence electrons. The minimum absolute atomic E-state index is 0.0371. The van der Waals surface area contributed by atoms with Crippen LogP contribution >= 0.6 is 23.2 Å². The van der Waals surface area contributed by atoms with E-state index in [-0.39, 0.29) is 18.2 Å². The smallest absolute Gasteiger partial charge is 0.271 e. The van der Waals surface area contributed by atoms with Crippen molar-refractivity contribution in [2.45, 2.75) is 20.3 Å². The monoisotopic (exact) mass is 420 g/mol. The number of halogens is 2. The molecule has 0 atom stereocenters. The van der Waals surface area contributed by atoms with Crippen molar-refractivity contribution >= 4 is 58.0 Å². The fraction of sp³-hybridized carbons (Fsp3) is 0.158. The number of amides is 3. The summed E-state index contributed by atoms with van der Waals surface area (Å²) in [6.07, 6.45) is -0.0371. The number of anilines is 2. The lowest BCUT2D eigenvalue weighted by Crippen LogP contribution is -2.21. The lowest BCUT2D eigenvalue weighted by atomic mass is 10.2. The molecule has 0 unspecified atom stereocenters. The Bertz CT molecular complexity index is 927. The van der Waals surface area contributed by atoms with Gasteiger partial charge in [0.25, 0.3) is 5.91 Å². The van der Waals surface area contributed by atoms with Gasteiger partial charge >= 0.3 is 0 Å². The number of hydrogen-bond acceptors (Lipinski definition) is 4. The third-order valence-corrected chi connectivity index (χ3v) is 4.00. The van der Waals surface area contributed by atoms with Crippen LogP contribution in [-0.2, 0) is 9.59 Å². The summed E-state index contributed by atoms with van der Waals surface area (Å²) in [6, 6.07) is 11.1. The van der Waals surface area contributed by atoms with E-state index in [1.54, 1.807) is 49.4 Å². The lowest BCUT2D eigenvalue weighted by molar-refractivity contribution is -0.115. The maximum atomic E-state index is 12.1. The highest BCUT2D eigenvalue weighted by Gasteiger charge is 2.09. The van der Waals surface area contributed by atoms with Crippen LogP contribution in [0.3, 0.4) is 0 Å². The van der Waals surface area contributed by atoms with E-state index in [0.717, 1.165) is 0 Å². The molecule has 2 aromatic carbocycles. The fourth-order valence-electron chi connectivity index (χ4n) is 2.18. The first kappa shape index (κ1) is 21.4. The number of carbonyl (C=O) groups is 3. The maximum Gasteiger partial charge on any atom is 0.271 e. The van der Waals surface area contributed by atoms with Gasteiger partial charge in [-0.05, 0) is 49.4 Å². The highest BCUT2D eigenvalue weighted by Crippen LogP contribution is 2.25. The number of hydrogen-bond donors (Lipinski definition) is 3. The van der Waals surface area contributed by atoms with Gasteiger partial charge in [-0.2, -0.15) is 5.10 Å². The Kier molecular flexibility index (Phi) is 7.54. The molecular weight excluding hydrogens is 403 g/mol. The molecule has 0 spiro atoms. The summed E-state index contributed by atoms with van der Waals surface area (Å²) in [5, 5.41) is 9.98. The van der Waals surface area contributed by atoms with Crippen LogP contribution in [-0.4, -0.2) is 23.4 Å². The Morgan fingerprint density at radius 3 is 2.29 bits per heavy atom. The number of rotatable bonds is 6. The highest BCUT2D eigenvalue weighted by atomic mass is 35.5. The van der Waals surface area contributed by atoms with Crippen molar-refractivity contribution in [2.75, 3.05) is 10.6 Å². The topological polar surface area (TPSA) is 99.7 Å². The van der Waals surface area contributed by atoms with Crippen LogP contribution in [0.15, 0.2) is 47.6 Å². The van der Waals surface area contributed by atoms with E-state index in [9.17, 15) is 14.4 Å². The van der Waals surface area contributed by atoms with Crippen LogP contribution in [0.5, 0.6) is 0 Å². The Hall–Kier alpha value is -2.90. The van der Waals surface area contributed by atoms with E-state index in [1.165, 1.54) is 6.92 Å². The first-order chi connectivity index (χ1) is 13.2. The van der Waals surface area contributed by atoms with Crippen molar-refractivity contribution in [2.24, 2.45) is 5.10 Å².